The van der Waals surface area contributed by atoms with E-state index in [4.69, 9.17) is 4.74 Å². The third-order valence-corrected chi connectivity index (χ3v) is 5.18. The monoisotopic (exact) mass is 365 g/mol. The number of benzene rings is 1. The first-order valence-electron chi connectivity index (χ1n) is 7.79. The molecule has 5 nitrogen and oxygen atoms in total. The van der Waals surface area contributed by atoms with Crippen molar-refractivity contribution in [2.45, 2.75) is 43.4 Å². The van der Waals surface area contributed by atoms with Gasteiger partial charge in [0.25, 0.3) is 0 Å². The maximum absolute atomic E-state index is 11.8. The average Bonchev–Trinajstić information content (AvgIpc) is 2.99. The Balaban J connectivity index is 1.69. The lowest BCUT2D eigenvalue weighted by atomic mass is 9.87. The van der Waals surface area contributed by atoms with E-state index in [0.717, 1.165) is 10.1 Å². The van der Waals surface area contributed by atoms with Crippen molar-refractivity contribution in [3.8, 4) is 5.75 Å². The highest BCUT2D eigenvalue weighted by molar-refractivity contribution is 8.00. The minimum Gasteiger partial charge on any atom is -0.494 e. The Morgan fingerprint density at radius 2 is 1.96 bits per heavy atom. The highest BCUT2D eigenvalue weighted by Gasteiger charge is 2.13. The second-order valence-electron chi connectivity index (χ2n) is 6.35. The molecule has 0 saturated carbocycles. The number of carbonyl (C=O) groups excluding carboxylic acids is 1. The van der Waals surface area contributed by atoms with E-state index in [1.807, 2.05) is 18.4 Å². The lowest BCUT2D eigenvalue weighted by Gasteiger charge is -2.19. The Labute approximate surface area is 151 Å². The molecule has 7 heteroatoms. The van der Waals surface area contributed by atoms with E-state index in [9.17, 15) is 4.79 Å². The molecule has 24 heavy (non-hydrogen) atoms. The number of anilines is 1. The minimum atomic E-state index is -0.0644. The summed E-state index contributed by atoms with van der Waals surface area (Å²) in [5.74, 6) is 0.766. The SMILES string of the molecule is CSc1nnc(NC(=O)CCCOc2ccc(C(C)(C)C)cc2)s1. The Bertz CT molecular complexity index is 663. The van der Waals surface area contributed by atoms with Crippen LogP contribution in [0.4, 0.5) is 5.13 Å². The van der Waals surface area contributed by atoms with Crippen molar-refractivity contribution in [2.75, 3.05) is 18.2 Å². The predicted molar refractivity (Wildman–Crippen MR) is 100 cm³/mol. The van der Waals surface area contributed by atoms with Gasteiger partial charge >= 0.3 is 0 Å². The van der Waals surface area contributed by atoms with E-state index >= 15 is 0 Å². The molecular formula is C17H23N3O2S2. The molecule has 1 aromatic heterocycles. The summed E-state index contributed by atoms with van der Waals surface area (Å²) in [4.78, 5) is 11.8. The van der Waals surface area contributed by atoms with Crippen LogP contribution in [-0.2, 0) is 10.2 Å². The fraction of sp³-hybridized carbons (Fsp3) is 0.471. The van der Waals surface area contributed by atoms with Crippen molar-refractivity contribution in [2.24, 2.45) is 0 Å². The number of hydrogen-bond acceptors (Lipinski definition) is 6. The normalized spacial score (nSPS) is 11.3. The molecular weight excluding hydrogens is 342 g/mol. The summed E-state index contributed by atoms with van der Waals surface area (Å²) in [7, 11) is 0. The molecule has 1 amide bonds. The van der Waals surface area contributed by atoms with Crippen LogP contribution >= 0.6 is 23.1 Å². The van der Waals surface area contributed by atoms with Gasteiger partial charge < -0.3 is 10.1 Å². The largest absolute Gasteiger partial charge is 0.494 e. The van der Waals surface area contributed by atoms with Gasteiger partial charge in [-0.3, -0.25) is 4.79 Å². The highest BCUT2D eigenvalue weighted by Crippen LogP contribution is 2.25. The Morgan fingerprint density at radius 3 is 2.54 bits per heavy atom. The number of rotatable bonds is 7. The molecule has 1 heterocycles. The lowest BCUT2D eigenvalue weighted by Crippen LogP contribution is -2.13. The molecule has 0 spiro atoms. The summed E-state index contributed by atoms with van der Waals surface area (Å²) in [5, 5.41) is 11.2. The topological polar surface area (TPSA) is 64.1 Å². The van der Waals surface area contributed by atoms with Gasteiger partial charge in [0.05, 0.1) is 6.61 Å². The summed E-state index contributed by atoms with van der Waals surface area (Å²) in [6, 6.07) is 8.12. The van der Waals surface area contributed by atoms with Crippen molar-refractivity contribution in [1.29, 1.82) is 0 Å². The molecule has 1 aromatic carbocycles. The van der Waals surface area contributed by atoms with E-state index in [2.05, 4.69) is 48.4 Å². The smallest absolute Gasteiger partial charge is 0.226 e. The second kappa shape index (κ2) is 8.48. The molecule has 0 saturated heterocycles. The van der Waals surface area contributed by atoms with Crippen LogP contribution in [0.15, 0.2) is 28.6 Å². The first kappa shape index (κ1) is 18.7. The molecule has 0 fully saturated rings. The number of carbonyl (C=O) groups is 1. The van der Waals surface area contributed by atoms with Crippen LogP contribution in [0.5, 0.6) is 5.75 Å². The van der Waals surface area contributed by atoms with Gasteiger partial charge in [-0.1, -0.05) is 56.0 Å². The number of nitrogens with zero attached hydrogens (tertiary/aromatic N) is 2. The maximum atomic E-state index is 11.8. The van der Waals surface area contributed by atoms with Gasteiger partial charge in [0, 0.05) is 6.42 Å². The van der Waals surface area contributed by atoms with Gasteiger partial charge in [-0.25, -0.2) is 0 Å². The summed E-state index contributed by atoms with van der Waals surface area (Å²) in [6.45, 7) is 7.05. The molecule has 2 rings (SSSR count). The third kappa shape index (κ3) is 5.79. The number of nitrogens with one attached hydrogen (secondary N) is 1. The van der Waals surface area contributed by atoms with Crippen molar-refractivity contribution >= 4 is 34.1 Å². The van der Waals surface area contributed by atoms with Gasteiger partial charge in [0.1, 0.15) is 5.75 Å². The Hall–Kier alpha value is -1.60. The Morgan fingerprint density at radius 1 is 1.25 bits per heavy atom. The predicted octanol–water partition coefficient (Wildman–Crippen LogP) is 4.36. The van der Waals surface area contributed by atoms with Crippen LogP contribution in [0.3, 0.4) is 0 Å². The summed E-state index contributed by atoms with van der Waals surface area (Å²) < 4.78 is 6.53. The maximum Gasteiger partial charge on any atom is 0.226 e. The van der Waals surface area contributed by atoms with Crippen LogP contribution in [0, 0.1) is 0 Å². The second-order valence-corrected chi connectivity index (χ2v) is 8.38. The number of thioether (sulfide) groups is 1. The molecule has 0 atom stereocenters. The molecule has 0 bridgehead atoms. The van der Waals surface area contributed by atoms with Crippen LogP contribution in [0.25, 0.3) is 0 Å². The first-order valence-corrected chi connectivity index (χ1v) is 9.83. The molecule has 1 N–H and O–H groups in total. The lowest BCUT2D eigenvalue weighted by molar-refractivity contribution is -0.116. The summed E-state index contributed by atoms with van der Waals surface area (Å²) in [5.41, 5.74) is 1.41. The van der Waals surface area contributed by atoms with Crippen molar-refractivity contribution in [3.05, 3.63) is 29.8 Å². The molecule has 0 unspecified atom stereocenters. The summed E-state index contributed by atoms with van der Waals surface area (Å²) >= 11 is 2.89. The van der Waals surface area contributed by atoms with Crippen molar-refractivity contribution in [1.82, 2.24) is 10.2 Å². The van der Waals surface area contributed by atoms with Crippen LogP contribution in [-0.4, -0.2) is 29.0 Å². The highest BCUT2D eigenvalue weighted by atomic mass is 32.2. The van der Waals surface area contributed by atoms with Crippen molar-refractivity contribution < 1.29 is 9.53 Å². The molecule has 0 aliphatic heterocycles. The van der Waals surface area contributed by atoms with E-state index in [0.29, 0.717) is 24.6 Å². The molecule has 2 aromatic rings. The molecule has 130 valence electrons. The van der Waals surface area contributed by atoms with E-state index < -0.39 is 0 Å². The van der Waals surface area contributed by atoms with Gasteiger partial charge in [-0.2, -0.15) is 0 Å². The van der Waals surface area contributed by atoms with Crippen LogP contribution in [0.2, 0.25) is 0 Å². The summed E-state index contributed by atoms with van der Waals surface area (Å²) in [6.07, 6.45) is 2.98. The third-order valence-electron chi connectivity index (χ3n) is 3.36. The quantitative estimate of drug-likeness (QED) is 0.449. The first-order chi connectivity index (χ1) is 11.4. The van der Waals surface area contributed by atoms with Gasteiger partial charge in [0.2, 0.25) is 11.0 Å². The zero-order valence-corrected chi connectivity index (χ0v) is 16.1. The van der Waals surface area contributed by atoms with Gasteiger partial charge in [-0.05, 0) is 35.8 Å². The Kier molecular flexibility index (Phi) is 6.62. The minimum absolute atomic E-state index is 0.0644. The average molecular weight is 366 g/mol. The molecule has 0 aliphatic carbocycles. The number of hydrogen-bond donors (Lipinski definition) is 1. The molecule has 0 radical (unpaired) electrons. The number of amides is 1. The fourth-order valence-corrected chi connectivity index (χ4v) is 3.18. The van der Waals surface area contributed by atoms with Crippen molar-refractivity contribution in [3.63, 3.8) is 0 Å². The standard InChI is InChI=1S/C17H23N3O2S2/c1-17(2,3)12-7-9-13(10-8-12)22-11-5-6-14(21)18-15-19-20-16(23-4)24-15/h7-10H,5-6,11H2,1-4H3,(H,18,19,21). The van der Waals surface area contributed by atoms with Crippen LogP contribution in [0.1, 0.15) is 39.2 Å². The number of ether oxygens (including phenoxy) is 1. The zero-order valence-electron chi connectivity index (χ0n) is 14.5. The van der Waals surface area contributed by atoms with Crippen LogP contribution < -0.4 is 10.1 Å². The van der Waals surface area contributed by atoms with E-state index in [-0.39, 0.29) is 11.3 Å². The zero-order chi connectivity index (χ0) is 17.6. The van der Waals surface area contributed by atoms with E-state index in [1.165, 1.54) is 28.7 Å². The fourth-order valence-electron chi connectivity index (χ4n) is 2.00. The number of aromatic nitrogens is 2. The molecule has 0 aliphatic rings. The van der Waals surface area contributed by atoms with Gasteiger partial charge in [-0.15, -0.1) is 10.2 Å². The van der Waals surface area contributed by atoms with Gasteiger partial charge in [0.15, 0.2) is 4.34 Å². The van der Waals surface area contributed by atoms with E-state index in [1.54, 1.807) is 0 Å².